The highest BCUT2D eigenvalue weighted by Crippen LogP contribution is 2.27. The number of rotatable bonds is 12. The van der Waals surface area contributed by atoms with Crippen molar-refractivity contribution in [2.45, 2.75) is 58.0 Å². The van der Waals surface area contributed by atoms with Crippen LogP contribution in [0, 0.1) is 20.2 Å². The second-order valence-electron chi connectivity index (χ2n) is 6.03. The Labute approximate surface area is 151 Å². The Bertz CT molecular complexity index is 643. The lowest BCUT2D eigenvalue weighted by Crippen LogP contribution is -2.32. The van der Waals surface area contributed by atoms with Crippen molar-refractivity contribution in [1.82, 2.24) is 0 Å². The van der Waals surface area contributed by atoms with Gasteiger partial charge in [0.15, 0.2) is 0 Å². The van der Waals surface area contributed by atoms with Crippen LogP contribution in [0.4, 0.5) is 0 Å². The third-order valence-corrected chi connectivity index (χ3v) is 4.11. The first kappa shape index (κ1) is 21.3. The molecule has 0 aliphatic heterocycles. The fourth-order valence-corrected chi connectivity index (χ4v) is 2.86. The van der Waals surface area contributed by atoms with Crippen LogP contribution in [-0.4, -0.2) is 27.1 Å². The van der Waals surface area contributed by atoms with Gasteiger partial charge in [0, 0.05) is 0 Å². The number of carbonyl (C=O) groups is 1. The third kappa shape index (κ3) is 6.27. The largest absolute Gasteiger partial charge is 0.478 e. The Hall–Kier alpha value is -2.77. The minimum Gasteiger partial charge on any atom is -0.478 e. The summed E-state index contributed by atoms with van der Waals surface area (Å²) in [5.41, 5.74) is -0.374. The Balaban J connectivity index is 3.21. The van der Waals surface area contributed by atoms with Gasteiger partial charge < -0.3 is 5.11 Å². The predicted molar refractivity (Wildman–Crippen MR) is 96.8 cm³/mol. The van der Waals surface area contributed by atoms with E-state index in [1.807, 2.05) is 0 Å². The molecule has 0 amide bonds. The van der Waals surface area contributed by atoms with E-state index < -0.39 is 22.0 Å². The molecule has 142 valence electrons. The molecular weight excluding hydrogens is 340 g/mol. The number of aliphatic carboxylic acids is 1. The molecule has 0 spiro atoms. The number of hydrogen-bond acceptors (Lipinski definition) is 5. The molecule has 1 aromatic carbocycles. The summed E-state index contributed by atoms with van der Waals surface area (Å²) in [6.07, 6.45) is 3.07. The fraction of sp³-hybridized carbons (Fsp3) is 0.500. The smallest absolute Gasteiger partial charge is 0.473 e. The number of hydrogen-bond donors (Lipinski definition) is 1. The summed E-state index contributed by atoms with van der Waals surface area (Å²) in [6, 6.07) is 7.83. The van der Waals surface area contributed by atoms with Crippen molar-refractivity contribution in [3.05, 3.63) is 61.7 Å². The second-order valence-corrected chi connectivity index (χ2v) is 6.03. The van der Waals surface area contributed by atoms with Gasteiger partial charge >= 0.3 is 12.1 Å². The van der Waals surface area contributed by atoms with E-state index in [9.17, 15) is 30.1 Å². The molecule has 0 radical (unpaired) electrons. The third-order valence-electron chi connectivity index (χ3n) is 4.11. The lowest BCUT2D eigenvalue weighted by Gasteiger charge is -2.12. The molecule has 1 rings (SSSR count). The van der Waals surface area contributed by atoms with Gasteiger partial charge in [0.2, 0.25) is 0 Å². The van der Waals surface area contributed by atoms with Gasteiger partial charge in [-0.25, -0.2) is 4.79 Å². The van der Waals surface area contributed by atoms with Crippen molar-refractivity contribution < 1.29 is 19.7 Å². The summed E-state index contributed by atoms with van der Waals surface area (Å²) in [7, 11) is 0. The molecular formula is C18H24N2O6. The SMILES string of the molecule is CCCCCCCC/C(=C(\C(=O)O)c1ccccc1)C([N+](=O)[O-])[N+](=O)[O-]. The molecule has 0 aromatic heterocycles. The average molecular weight is 364 g/mol. The summed E-state index contributed by atoms with van der Waals surface area (Å²) < 4.78 is 0. The Kier molecular flexibility index (Phi) is 8.97. The van der Waals surface area contributed by atoms with Gasteiger partial charge in [0.1, 0.15) is 9.85 Å². The van der Waals surface area contributed by atoms with Crippen LogP contribution in [-0.2, 0) is 4.79 Å². The molecule has 0 saturated carbocycles. The minimum atomic E-state index is -2.25. The molecule has 0 fully saturated rings. The lowest BCUT2D eigenvalue weighted by molar-refractivity contribution is -0.730. The first-order valence-electron chi connectivity index (χ1n) is 8.68. The predicted octanol–water partition coefficient (Wildman–Crippen LogP) is 4.15. The van der Waals surface area contributed by atoms with Crippen LogP contribution in [0.15, 0.2) is 35.9 Å². The van der Waals surface area contributed by atoms with Gasteiger partial charge in [-0.05, 0) is 18.4 Å². The number of carboxylic acids is 1. The zero-order chi connectivity index (χ0) is 19.5. The van der Waals surface area contributed by atoms with Crippen LogP contribution in [0.1, 0.15) is 57.4 Å². The van der Waals surface area contributed by atoms with Crippen LogP contribution in [0.25, 0.3) is 5.57 Å². The van der Waals surface area contributed by atoms with Crippen LogP contribution in [0.3, 0.4) is 0 Å². The minimum absolute atomic E-state index is 0.00921. The molecule has 8 heteroatoms. The summed E-state index contributed by atoms with van der Waals surface area (Å²) in [4.78, 5) is 32.2. The van der Waals surface area contributed by atoms with E-state index in [4.69, 9.17) is 0 Å². The van der Waals surface area contributed by atoms with Crippen molar-refractivity contribution in [2.24, 2.45) is 0 Å². The lowest BCUT2D eigenvalue weighted by atomic mass is 9.93. The zero-order valence-electron chi connectivity index (χ0n) is 14.8. The van der Waals surface area contributed by atoms with Gasteiger partial charge in [-0.1, -0.05) is 69.4 Å². The molecule has 0 aliphatic carbocycles. The quantitative estimate of drug-likeness (QED) is 0.195. The van der Waals surface area contributed by atoms with Gasteiger partial charge in [-0.15, -0.1) is 0 Å². The van der Waals surface area contributed by atoms with E-state index in [1.54, 1.807) is 18.2 Å². The van der Waals surface area contributed by atoms with Gasteiger partial charge in [-0.2, -0.15) is 0 Å². The first-order chi connectivity index (χ1) is 12.4. The molecule has 0 heterocycles. The highest BCUT2D eigenvalue weighted by atomic mass is 16.7. The van der Waals surface area contributed by atoms with Crippen LogP contribution in [0.2, 0.25) is 0 Å². The molecule has 0 unspecified atom stereocenters. The number of nitro groups is 2. The van der Waals surface area contributed by atoms with Crippen molar-refractivity contribution in [3.63, 3.8) is 0 Å². The van der Waals surface area contributed by atoms with E-state index in [2.05, 4.69) is 6.92 Å². The van der Waals surface area contributed by atoms with Crippen LogP contribution >= 0.6 is 0 Å². The average Bonchev–Trinajstić information content (AvgIpc) is 2.58. The van der Waals surface area contributed by atoms with E-state index in [0.29, 0.717) is 6.42 Å². The molecule has 26 heavy (non-hydrogen) atoms. The van der Waals surface area contributed by atoms with Crippen molar-refractivity contribution in [2.75, 3.05) is 0 Å². The number of benzene rings is 1. The molecule has 1 N–H and O–H groups in total. The second kappa shape index (κ2) is 11.0. The fourth-order valence-electron chi connectivity index (χ4n) is 2.86. The molecule has 0 bridgehead atoms. The molecule has 8 nitrogen and oxygen atoms in total. The zero-order valence-corrected chi connectivity index (χ0v) is 14.8. The summed E-state index contributed by atoms with van der Waals surface area (Å²) >= 11 is 0. The summed E-state index contributed by atoms with van der Waals surface area (Å²) in [5, 5.41) is 32.1. The topological polar surface area (TPSA) is 124 Å². The highest BCUT2D eigenvalue weighted by Gasteiger charge is 2.40. The first-order valence-corrected chi connectivity index (χ1v) is 8.68. The maximum Gasteiger partial charge on any atom is 0.473 e. The molecule has 1 aromatic rings. The van der Waals surface area contributed by atoms with E-state index in [-0.39, 0.29) is 23.1 Å². The van der Waals surface area contributed by atoms with Gasteiger partial charge in [0.25, 0.3) is 0 Å². The standard InChI is InChI=1S/C18H24N2O6/c1-2-3-4-5-6-10-13-15(17(19(23)24)20(25)26)16(18(21)22)14-11-8-7-9-12-14/h7-9,11-12,17H,2-6,10,13H2,1H3,(H,21,22)/b16-15+. The monoisotopic (exact) mass is 364 g/mol. The summed E-state index contributed by atoms with van der Waals surface area (Å²) in [6.45, 7) is 2.08. The molecule has 0 atom stereocenters. The van der Waals surface area contributed by atoms with Gasteiger partial charge in [0.05, 0.1) is 11.1 Å². The maximum atomic E-state index is 11.8. The number of unbranched alkanes of at least 4 members (excludes halogenated alkanes) is 5. The molecule has 0 saturated heterocycles. The molecule has 0 aliphatic rings. The van der Waals surface area contributed by atoms with Crippen molar-refractivity contribution >= 4 is 11.5 Å². The van der Waals surface area contributed by atoms with E-state index >= 15 is 0 Å². The van der Waals surface area contributed by atoms with Crippen molar-refractivity contribution in [1.29, 1.82) is 0 Å². The number of carboxylic acid groups (broad SMARTS) is 1. The Morgan fingerprint density at radius 1 is 1.00 bits per heavy atom. The normalized spacial score (nSPS) is 11.9. The number of nitrogens with zero attached hydrogens (tertiary/aromatic N) is 2. The van der Waals surface area contributed by atoms with E-state index in [0.717, 1.165) is 32.1 Å². The van der Waals surface area contributed by atoms with Crippen LogP contribution < -0.4 is 0 Å². The Morgan fingerprint density at radius 2 is 1.54 bits per heavy atom. The van der Waals surface area contributed by atoms with Crippen LogP contribution in [0.5, 0.6) is 0 Å². The highest BCUT2D eigenvalue weighted by molar-refractivity contribution is 6.16. The maximum absolute atomic E-state index is 11.8. The Morgan fingerprint density at radius 3 is 2.04 bits per heavy atom. The summed E-state index contributed by atoms with van der Waals surface area (Å²) in [5.74, 6) is -1.40. The van der Waals surface area contributed by atoms with Gasteiger partial charge in [-0.3, -0.25) is 20.2 Å². The van der Waals surface area contributed by atoms with E-state index in [1.165, 1.54) is 12.1 Å². The van der Waals surface area contributed by atoms with Crippen molar-refractivity contribution in [3.8, 4) is 0 Å².